The number of carbonyl (C=O) groups is 2. The molecule has 0 aromatic heterocycles. The number of amides is 1. The number of nitrogens with one attached hydrogen (secondary N) is 1. The Morgan fingerprint density at radius 1 is 1.13 bits per heavy atom. The van der Waals surface area contributed by atoms with Crippen LogP contribution >= 0.6 is 0 Å². The predicted molar refractivity (Wildman–Crippen MR) is 60.4 cm³/mol. The van der Waals surface area contributed by atoms with Crippen LogP contribution in [0, 0.1) is 5.41 Å². The first-order valence-corrected chi connectivity index (χ1v) is 4.52. The number of methoxy groups -OCH3 is 1. The SMILES string of the molecule is C.COC(=O)C(C)(C)C(C)(C)NC(C)=O. The van der Waals surface area contributed by atoms with Crippen LogP contribution in [0.5, 0.6) is 0 Å². The van der Waals surface area contributed by atoms with E-state index in [1.54, 1.807) is 27.7 Å². The Labute approximate surface area is 92.4 Å². The number of carbonyl (C=O) groups excluding carboxylic acids is 2. The summed E-state index contributed by atoms with van der Waals surface area (Å²) in [5.74, 6) is -0.497. The van der Waals surface area contributed by atoms with Crippen molar-refractivity contribution >= 4 is 11.9 Å². The van der Waals surface area contributed by atoms with E-state index < -0.39 is 11.0 Å². The minimum atomic E-state index is -0.757. The summed E-state index contributed by atoms with van der Waals surface area (Å²) in [6.45, 7) is 8.51. The van der Waals surface area contributed by atoms with Crippen molar-refractivity contribution in [2.24, 2.45) is 5.41 Å². The van der Waals surface area contributed by atoms with Crippen LogP contribution in [0.1, 0.15) is 42.0 Å². The Morgan fingerprint density at radius 2 is 1.53 bits per heavy atom. The van der Waals surface area contributed by atoms with Crippen LogP contribution in [-0.2, 0) is 14.3 Å². The molecule has 0 bridgehead atoms. The highest BCUT2D eigenvalue weighted by molar-refractivity contribution is 5.80. The van der Waals surface area contributed by atoms with Crippen molar-refractivity contribution in [1.29, 1.82) is 0 Å². The van der Waals surface area contributed by atoms with Crippen LogP contribution in [0.4, 0.5) is 0 Å². The second-order valence-corrected chi connectivity index (χ2v) is 4.42. The van der Waals surface area contributed by atoms with Gasteiger partial charge in [-0.3, -0.25) is 9.59 Å². The first kappa shape index (κ1) is 16.4. The van der Waals surface area contributed by atoms with Crippen molar-refractivity contribution in [3.8, 4) is 0 Å². The third kappa shape index (κ3) is 3.53. The summed E-state index contributed by atoms with van der Waals surface area (Å²) in [4.78, 5) is 22.4. The number of hydrogen-bond donors (Lipinski definition) is 1. The van der Waals surface area contributed by atoms with E-state index in [0.29, 0.717) is 0 Å². The first-order chi connectivity index (χ1) is 6.15. The van der Waals surface area contributed by atoms with Gasteiger partial charge in [-0.25, -0.2) is 0 Å². The number of esters is 1. The van der Waals surface area contributed by atoms with Gasteiger partial charge < -0.3 is 10.1 Å². The van der Waals surface area contributed by atoms with Gasteiger partial charge in [0.25, 0.3) is 0 Å². The zero-order valence-corrected chi connectivity index (χ0v) is 9.72. The van der Waals surface area contributed by atoms with E-state index in [-0.39, 0.29) is 19.3 Å². The summed E-state index contributed by atoms with van der Waals surface area (Å²) in [6, 6.07) is 0. The monoisotopic (exact) mass is 217 g/mol. The van der Waals surface area contributed by atoms with E-state index in [4.69, 9.17) is 4.74 Å². The fourth-order valence-corrected chi connectivity index (χ4v) is 1.11. The summed E-state index contributed by atoms with van der Waals surface area (Å²) >= 11 is 0. The molecule has 0 aliphatic rings. The highest BCUT2D eigenvalue weighted by Crippen LogP contribution is 2.31. The maximum Gasteiger partial charge on any atom is 0.313 e. The van der Waals surface area contributed by atoms with E-state index in [1.165, 1.54) is 14.0 Å². The minimum absolute atomic E-state index is 0. The molecule has 0 saturated heterocycles. The smallest absolute Gasteiger partial charge is 0.313 e. The van der Waals surface area contributed by atoms with Gasteiger partial charge in [0.2, 0.25) is 5.91 Å². The molecule has 0 unspecified atom stereocenters. The van der Waals surface area contributed by atoms with Gasteiger partial charge in [0.05, 0.1) is 12.5 Å². The van der Waals surface area contributed by atoms with Gasteiger partial charge in [-0.2, -0.15) is 0 Å². The quantitative estimate of drug-likeness (QED) is 0.732. The van der Waals surface area contributed by atoms with E-state index in [2.05, 4.69) is 5.32 Å². The lowest BCUT2D eigenvalue weighted by molar-refractivity contribution is -0.155. The molecule has 90 valence electrons. The molecular weight excluding hydrogens is 194 g/mol. The van der Waals surface area contributed by atoms with Crippen molar-refractivity contribution in [2.45, 2.75) is 47.6 Å². The molecule has 1 amide bonds. The van der Waals surface area contributed by atoms with Crippen LogP contribution in [-0.4, -0.2) is 24.5 Å². The Balaban J connectivity index is 0. The molecule has 4 nitrogen and oxygen atoms in total. The normalized spacial score (nSPS) is 11.3. The average Bonchev–Trinajstić information content (AvgIpc) is 2.00. The van der Waals surface area contributed by atoms with Crippen LogP contribution in [0.15, 0.2) is 0 Å². The highest BCUT2D eigenvalue weighted by Gasteiger charge is 2.44. The van der Waals surface area contributed by atoms with Crippen molar-refractivity contribution in [3.05, 3.63) is 0 Å². The van der Waals surface area contributed by atoms with Gasteiger partial charge in [0.1, 0.15) is 0 Å². The van der Waals surface area contributed by atoms with Crippen molar-refractivity contribution < 1.29 is 14.3 Å². The standard InChI is InChI=1S/C10H19NO3.CH4/c1-7(12)11-10(4,5)9(2,3)8(13)14-6;/h1-6H3,(H,11,12);1H4. The van der Waals surface area contributed by atoms with Gasteiger partial charge in [0.15, 0.2) is 0 Å². The summed E-state index contributed by atoms with van der Waals surface area (Å²) in [5, 5.41) is 2.73. The van der Waals surface area contributed by atoms with Crippen molar-refractivity contribution in [3.63, 3.8) is 0 Å². The Morgan fingerprint density at radius 3 is 1.80 bits per heavy atom. The molecule has 0 aliphatic heterocycles. The average molecular weight is 217 g/mol. The van der Waals surface area contributed by atoms with Crippen molar-refractivity contribution in [2.75, 3.05) is 7.11 Å². The van der Waals surface area contributed by atoms with Crippen LogP contribution in [0.2, 0.25) is 0 Å². The number of hydrogen-bond acceptors (Lipinski definition) is 3. The molecular formula is C11H23NO3. The summed E-state index contributed by atoms with van der Waals surface area (Å²) in [6.07, 6.45) is 0. The van der Waals surface area contributed by atoms with Gasteiger partial charge in [-0.05, 0) is 27.7 Å². The van der Waals surface area contributed by atoms with Gasteiger partial charge in [-0.15, -0.1) is 0 Å². The Hall–Kier alpha value is -1.06. The minimum Gasteiger partial charge on any atom is -0.469 e. The molecule has 4 heteroatoms. The molecule has 15 heavy (non-hydrogen) atoms. The zero-order valence-electron chi connectivity index (χ0n) is 9.72. The second kappa shape index (κ2) is 5.14. The van der Waals surface area contributed by atoms with E-state index in [9.17, 15) is 9.59 Å². The molecule has 0 radical (unpaired) electrons. The van der Waals surface area contributed by atoms with E-state index >= 15 is 0 Å². The lowest BCUT2D eigenvalue weighted by Crippen LogP contribution is -2.56. The predicted octanol–water partition coefficient (Wildman–Crippen LogP) is 1.74. The molecule has 0 aromatic carbocycles. The molecule has 0 fully saturated rings. The molecule has 1 N–H and O–H groups in total. The maximum absolute atomic E-state index is 11.5. The van der Waals surface area contributed by atoms with Gasteiger partial charge in [-0.1, -0.05) is 7.43 Å². The van der Waals surface area contributed by atoms with Crippen LogP contribution in [0.3, 0.4) is 0 Å². The molecule has 0 heterocycles. The fraction of sp³-hybridized carbons (Fsp3) is 0.818. The molecule has 0 aromatic rings. The largest absolute Gasteiger partial charge is 0.469 e. The Bertz CT molecular complexity index is 244. The maximum atomic E-state index is 11.5. The lowest BCUT2D eigenvalue weighted by atomic mass is 9.74. The zero-order chi connectivity index (χ0) is 11.6. The molecule has 0 saturated carbocycles. The molecule has 0 atom stereocenters. The highest BCUT2D eigenvalue weighted by atomic mass is 16.5. The lowest BCUT2D eigenvalue weighted by Gasteiger charge is -2.39. The molecule has 0 spiro atoms. The fourth-order valence-electron chi connectivity index (χ4n) is 1.11. The van der Waals surface area contributed by atoms with Gasteiger partial charge >= 0.3 is 5.97 Å². The van der Waals surface area contributed by atoms with Crippen LogP contribution in [0.25, 0.3) is 0 Å². The van der Waals surface area contributed by atoms with E-state index in [1.807, 2.05) is 0 Å². The topological polar surface area (TPSA) is 55.4 Å². The van der Waals surface area contributed by atoms with Crippen LogP contribution < -0.4 is 5.32 Å². The third-order valence-corrected chi connectivity index (χ3v) is 2.75. The molecule has 0 aliphatic carbocycles. The first-order valence-electron chi connectivity index (χ1n) is 4.52. The van der Waals surface area contributed by atoms with Crippen molar-refractivity contribution in [1.82, 2.24) is 5.32 Å². The Kier molecular flexibility index (Phi) is 5.61. The molecule has 0 rings (SSSR count). The number of ether oxygens (including phenoxy) is 1. The van der Waals surface area contributed by atoms with Gasteiger partial charge in [0, 0.05) is 12.5 Å². The third-order valence-electron chi connectivity index (χ3n) is 2.75. The summed E-state index contributed by atoms with van der Waals surface area (Å²) in [5.41, 5.74) is -1.39. The summed E-state index contributed by atoms with van der Waals surface area (Å²) < 4.78 is 4.69. The number of rotatable bonds is 3. The van der Waals surface area contributed by atoms with E-state index in [0.717, 1.165) is 0 Å². The summed E-state index contributed by atoms with van der Waals surface area (Å²) in [7, 11) is 1.34. The second-order valence-electron chi connectivity index (χ2n) is 4.42.